The minimum Gasteiger partial charge on any atom is -0.384 e. The molecule has 15 heteroatoms. The second-order valence-electron chi connectivity index (χ2n) is 18.0. The van der Waals surface area contributed by atoms with Gasteiger partial charge in [-0.1, -0.05) is 94.7 Å². The first-order chi connectivity index (χ1) is 26.4. The van der Waals surface area contributed by atoms with E-state index in [0.29, 0.717) is 59.5 Å². The second-order valence-corrected chi connectivity index (χ2v) is 19.3. The predicted molar refractivity (Wildman–Crippen MR) is 236 cm³/mol. The Kier molecular flexibility index (Phi) is 19.4. The summed E-state index contributed by atoms with van der Waals surface area (Å²) in [5.41, 5.74) is 19.2. The molecular formula is C43H64ClN9O4S. The monoisotopic (exact) mass is 837 g/mol. The molecule has 0 aliphatic carbocycles. The zero-order valence-electron chi connectivity index (χ0n) is 36.8. The quantitative estimate of drug-likeness (QED) is 0.106. The van der Waals surface area contributed by atoms with Crippen LogP contribution in [0.4, 0.5) is 16.9 Å². The first kappa shape index (κ1) is 51.3. The summed E-state index contributed by atoms with van der Waals surface area (Å²) >= 11 is 7.11. The van der Waals surface area contributed by atoms with E-state index in [2.05, 4.69) is 29.9 Å². The van der Waals surface area contributed by atoms with E-state index in [9.17, 15) is 19.2 Å². The van der Waals surface area contributed by atoms with Gasteiger partial charge in [0.15, 0.2) is 10.9 Å². The number of halogens is 1. The molecule has 0 bridgehead atoms. The number of hydrogen-bond donors (Lipinski definition) is 3. The Morgan fingerprint density at radius 2 is 1.16 bits per heavy atom. The predicted octanol–water partition coefficient (Wildman–Crippen LogP) is 8.68. The summed E-state index contributed by atoms with van der Waals surface area (Å²) in [5, 5.41) is 2.67. The molecule has 13 nitrogen and oxygen atoms in total. The van der Waals surface area contributed by atoms with Crippen molar-refractivity contribution in [3.8, 4) is 0 Å². The number of anilines is 3. The first-order valence-electron chi connectivity index (χ1n) is 19.0. The summed E-state index contributed by atoms with van der Waals surface area (Å²) in [6, 6.07) is 6.87. The van der Waals surface area contributed by atoms with Crippen LogP contribution in [-0.2, 0) is 33.6 Å². The van der Waals surface area contributed by atoms with E-state index in [4.69, 9.17) is 28.8 Å². The van der Waals surface area contributed by atoms with Gasteiger partial charge in [-0.25, -0.2) is 29.9 Å². The van der Waals surface area contributed by atoms with Crippen LogP contribution in [-0.4, -0.2) is 53.0 Å². The van der Waals surface area contributed by atoms with Gasteiger partial charge in [-0.2, -0.15) is 0 Å². The smallest absolute Gasteiger partial charge is 0.221 e. The number of aryl methyl sites for hydroxylation is 4. The number of nitrogens with zero attached hydrogens (tertiary/aromatic N) is 6. The number of nitrogens with two attached hydrogens (primary N) is 3. The third-order valence-electron chi connectivity index (χ3n) is 8.15. The van der Waals surface area contributed by atoms with Crippen LogP contribution in [0, 0.1) is 35.5 Å². The van der Waals surface area contributed by atoms with Crippen molar-refractivity contribution in [1.29, 1.82) is 0 Å². The van der Waals surface area contributed by atoms with Gasteiger partial charge in [-0.15, -0.1) is 11.3 Å². The molecule has 4 heterocycles. The Morgan fingerprint density at radius 3 is 1.57 bits per heavy atom. The van der Waals surface area contributed by atoms with E-state index in [0.717, 1.165) is 22.9 Å². The van der Waals surface area contributed by atoms with Gasteiger partial charge in [0.2, 0.25) is 5.95 Å². The molecule has 4 aromatic heterocycles. The van der Waals surface area contributed by atoms with Crippen LogP contribution >= 0.6 is 22.9 Å². The fraction of sp³-hybridized carbons (Fsp3) is 0.535. The summed E-state index contributed by atoms with van der Waals surface area (Å²) in [6.45, 7) is 26.7. The number of aromatic nitrogens is 6. The van der Waals surface area contributed by atoms with Gasteiger partial charge in [0.1, 0.15) is 34.1 Å². The van der Waals surface area contributed by atoms with Crippen LogP contribution in [0.25, 0.3) is 0 Å². The lowest BCUT2D eigenvalue weighted by molar-refractivity contribution is -0.126. The van der Waals surface area contributed by atoms with Gasteiger partial charge in [0.05, 0.1) is 12.1 Å². The molecule has 4 rings (SSSR count). The summed E-state index contributed by atoms with van der Waals surface area (Å²) < 4.78 is 0. The molecule has 4 aromatic rings. The van der Waals surface area contributed by atoms with Crippen LogP contribution in [0.3, 0.4) is 0 Å². The van der Waals surface area contributed by atoms with Crippen molar-refractivity contribution < 1.29 is 19.2 Å². The molecule has 0 saturated carbocycles. The third kappa shape index (κ3) is 20.1. The lowest BCUT2D eigenvalue weighted by Gasteiger charge is -2.16. The molecule has 0 aromatic carbocycles. The highest BCUT2D eigenvalue weighted by Crippen LogP contribution is 2.22. The van der Waals surface area contributed by atoms with E-state index in [1.807, 2.05) is 108 Å². The lowest BCUT2D eigenvalue weighted by Crippen LogP contribution is -2.22. The number of rotatable bonds is 9. The van der Waals surface area contributed by atoms with E-state index >= 15 is 0 Å². The minimum absolute atomic E-state index is 0.0848. The summed E-state index contributed by atoms with van der Waals surface area (Å²) in [7, 11) is 0. The van der Waals surface area contributed by atoms with Crippen molar-refractivity contribution in [1.82, 2.24) is 29.9 Å². The summed E-state index contributed by atoms with van der Waals surface area (Å²) in [4.78, 5) is 71.0. The van der Waals surface area contributed by atoms with Crippen LogP contribution in [0.5, 0.6) is 0 Å². The van der Waals surface area contributed by atoms with Crippen molar-refractivity contribution in [3.05, 3.63) is 75.2 Å². The van der Waals surface area contributed by atoms with Crippen molar-refractivity contribution in [2.24, 2.45) is 21.7 Å². The van der Waals surface area contributed by atoms with Crippen LogP contribution in [0.1, 0.15) is 135 Å². The number of Topliss-reactive ketones (excluding diaryl/α,β-unsaturated/α-hetero) is 4. The van der Waals surface area contributed by atoms with E-state index < -0.39 is 0 Å². The maximum atomic E-state index is 11.8. The van der Waals surface area contributed by atoms with E-state index in [1.165, 1.54) is 11.3 Å². The topological polar surface area (TPSA) is 224 Å². The maximum absolute atomic E-state index is 11.8. The number of carbonyl (C=O) groups excluding carboxylic acids is 4. The average Bonchev–Trinajstić information content (AvgIpc) is 3.48. The van der Waals surface area contributed by atoms with Crippen molar-refractivity contribution >= 4 is 63.0 Å². The maximum Gasteiger partial charge on any atom is 0.221 e. The summed E-state index contributed by atoms with van der Waals surface area (Å²) in [6.07, 6.45) is 4.18. The van der Waals surface area contributed by atoms with Crippen LogP contribution < -0.4 is 17.2 Å². The number of nitrogen functional groups attached to an aromatic ring is 3. The van der Waals surface area contributed by atoms with Crippen LogP contribution in [0.2, 0.25) is 5.15 Å². The Hall–Kier alpha value is -4.69. The Morgan fingerprint density at radius 1 is 0.638 bits per heavy atom. The molecule has 0 amide bonds. The molecule has 0 aliphatic heterocycles. The molecule has 0 spiro atoms. The van der Waals surface area contributed by atoms with Crippen molar-refractivity contribution in [2.75, 3.05) is 17.2 Å². The molecule has 0 atom stereocenters. The highest BCUT2D eigenvalue weighted by molar-refractivity contribution is 7.13. The van der Waals surface area contributed by atoms with Gasteiger partial charge >= 0.3 is 0 Å². The van der Waals surface area contributed by atoms with Crippen molar-refractivity contribution in [2.45, 2.75) is 129 Å². The standard InChI is InChI=1S/C13H20N2O.C11H16ClN3O.C10H14N2O.C9H14N2OS/c1-9-8-11(15-10(2)14-9)6-7-12(16)13(3,4)5;1-11(2,3)8(16)5-4-7-6-9(12)15-10(13)14-7;1-10(2,3)9(13)7-4-5-12-8(11)6-7;1-9(2,3)7(12)4-6-5-13-8(10)11-6/h8H,6-7H2,1-5H3;6H,4-5H2,1-3H3,(H2,13,14,15);4-6H,1-3H3,(H2,11,12);5H,4H2,1-3H3,(H2,10,11). The first-order valence-corrected chi connectivity index (χ1v) is 20.3. The Balaban J connectivity index is 0.000000389. The zero-order valence-corrected chi connectivity index (χ0v) is 38.4. The largest absolute Gasteiger partial charge is 0.384 e. The minimum atomic E-state index is -0.367. The molecule has 0 radical (unpaired) electrons. The Bertz CT molecular complexity index is 1890. The lowest BCUT2D eigenvalue weighted by atomic mass is 9.87. The highest BCUT2D eigenvalue weighted by atomic mass is 35.5. The molecular weight excluding hydrogens is 774 g/mol. The van der Waals surface area contributed by atoms with E-state index in [-0.39, 0.29) is 50.7 Å². The number of carbonyl (C=O) groups is 4. The second kappa shape index (κ2) is 21.9. The SMILES string of the molecule is CC(C)(C)C(=O)CCc1cc(Cl)nc(N)n1.CC(C)(C)C(=O)Cc1csc(N)n1.CC(C)(C)C(=O)c1ccnc(N)c1.Cc1cc(CCC(=O)C(C)(C)C)nc(C)n1. The highest BCUT2D eigenvalue weighted by Gasteiger charge is 2.24. The molecule has 0 unspecified atom stereocenters. The van der Waals surface area contributed by atoms with Gasteiger partial charge in [-0.05, 0) is 51.0 Å². The molecule has 6 N–H and O–H groups in total. The molecule has 58 heavy (non-hydrogen) atoms. The van der Waals surface area contributed by atoms with Crippen LogP contribution in [0.15, 0.2) is 35.8 Å². The fourth-order valence-corrected chi connectivity index (χ4v) is 5.40. The fourth-order valence-electron chi connectivity index (χ4n) is 4.62. The average molecular weight is 839 g/mol. The number of thiazole rings is 1. The van der Waals surface area contributed by atoms with Gasteiger partial charge in [-0.3, -0.25) is 19.2 Å². The molecule has 0 saturated heterocycles. The zero-order chi connectivity index (χ0) is 44.8. The summed E-state index contributed by atoms with van der Waals surface area (Å²) in [5.74, 6) is 2.06. The molecule has 0 aliphatic rings. The van der Waals surface area contributed by atoms with E-state index in [1.54, 1.807) is 24.4 Å². The van der Waals surface area contributed by atoms with Crippen molar-refractivity contribution in [3.63, 3.8) is 0 Å². The molecule has 318 valence electrons. The number of pyridine rings is 1. The number of ketones is 4. The molecule has 0 fully saturated rings. The van der Waals surface area contributed by atoms with Gasteiger partial charge in [0, 0.05) is 68.7 Å². The van der Waals surface area contributed by atoms with Gasteiger partial charge < -0.3 is 17.2 Å². The number of hydrogen-bond acceptors (Lipinski definition) is 14. The van der Waals surface area contributed by atoms with Gasteiger partial charge in [0.25, 0.3) is 0 Å². The normalized spacial score (nSPS) is 11.5. The third-order valence-corrected chi connectivity index (χ3v) is 9.06. The Labute approximate surface area is 353 Å².